The van der Waals surface area contributed by atoms with Crippen LogP contribution in [0.2, 0.25) is 0 Å². The van der Waals surface area contributed by atoms with Crippen LogP contribution in [0, 0.1) is 22.7 Å². The van der Waals surface area contributed by atoms with E-state index in [0.717, 1.165) is 0 Å². The molecule has 0 N–H and O–H groups in total. The predicted molar refractivity (Wildman–Crippen MR) is 78.0 cm³/mol. The summed E-state index contributed by atoms with van der Waals surface area (Å²) in [6.07, 6.45) is 3.23. The van der Waals surface area contributed by atoms with E-state index in [4.69, 9.17) is 9.47 Å². The number of aromatic nitrogens is 3. The number of rotatable bonds is 5. The van der Waals surface area contributed by atoms with Crippen molar-refractivity contribution in [3.8, 4) is 29.1 Å². The molecule has 0 bridgehead atoms. The molecule has 2 aromatic rings. The first-order valence-electron chi connectivity index (χ1n) is 6.71. The van der Waals surface area contributed by atoms with Crippen molar-refractivity contribution in [2.75, 3.05) is 13.2 Å². The molecule has 0 aliphatic heterocycles. The van der Waals surface area contributed by atoms with Crippen LogP contribution in [0.15, 0.2) is 18.5 Å². The maximum atomic E-state index is 11.3. The van der Waals surface area contributed by atoms with Gasteiger partial charge in [-0.1, -0.05) is 0 Å². The van der Waals surface area contributed by atoms with Gasteiger partial charge in [0.2, 0.25) is 0 Å². The average molecular weight is 311 g/mol. The van der Waals surface area contributed by atoms with Crippen LogP contribution < -0.4 is 4.74 Å². The third-order valence-electron chi connectivity index (χ3n) is 2.84. The largest absolute Gasteiger partial charge is 0.479 e. The summed E-state index contributed by atoms with van der Waals surface area (Å²) in [5.41, 5.74) is 1.14. The molecule has 2 aromatic heterocycles. The van der Waals surface area contributed by atoms with Gasteiger partial charge in [-0.25, -0.2) is 9.78 Å². The number of ether oxygens (including phenoxy) is 2. The van der Waals surface area contributed by atoms with Gasteiger partial charge in [0.05, 0.1) is 24.1 Å². The second kappa shape index (κ2) is 7.05. The Morgan fingerprint density at radius 3 is 2.74 bits per heavy atom. The SMILES string of the molecule is CCOC(=O)COc1cc(C#N)c(-c2cnn(C)c2)nc1C#N. The topological polar surface area (TPSA) is 114 Å². The van der Waals surface area contributed by atoms with Crippen molar-refractivity contribution in [1.82, 2.24) is 14.8 Å². The van der Waals surface area contributed by atoms with Crippen molar-refractivity contribution in [2.24, 2.45) is 7.05 Å². The van der Waals surface area contributed by atoms with E-state index in [-0.39, 0.29) is 30.2 Å². The predicted octanol–water partition coefficient (Wildman–Crippen LogP) is 1.17. The molecule has 0 atom stereocenters. The van der Waals surface area contributed by atoms with Gasteiger partial charge in [0.1, 0.15) is 12.1 Å². The van der Waals surface area contributed by atoms with Crippen molar-refractivity contribution < 1.29 is 14.3 Å². The Morgan fingerprint density at radius 1 is 1.39 bits per heavy atom. The van der Waals surface area contributed by atoms with E-state index < -0.39 is 5.97 Å². The average Bonchev–Trinajstić information content (AvgIpc) is 2.98. The van der Waals surface area contributed by atoms with Crippen LogP contribution >= 0.6 is 0 Å². The minimum Gasteiger partial charge on any atom is -0.479 e. The lowest BCUT2D eigenvalue weighted by Crippen LogP contribution is -2.15. The molecular weight excluding hydrogens is 298 g/mol. The summed E-state index contributed by atoms with van der Waals surface area (Å²) in [7, 11) is 1.73. The van der Waals surface area contributed by atoms with E-state index >= 15 is 0 Å². The number of carbonyl (C=O) groups excluding carboxylic acids is 1. The standard InChI is InChI=1S/C15H13N5O3/c1-3-22-14(21)9-23-13-4-10(5-16)15(19-12(13)6-17)11-7-18-20(2)8-11/h4,7-8H,3,9H2,1-2H3. The van der Waals surface area contributed by atoms with Crippen LogP contribution in [-0.4, -0.2) is 33.9 Å². The maximum Gasteiger partial charge on any atom is 0.344 e. The van der Waals surface area contributed by atoms with Crippen LogP contribution in [0.25, 0.3) is 11.3 Å². The smallest absolute Gasteiger partial charge is 0.344 e. The Morgan fingerprint density at radius 2 is 2.17 bits per heavy atom. The van der Waals surface area contributed by atoms with Crippen molar-refractivity contribution in [3.63, 3.8) is 0 Å². The Labute approximate surface area is 132 Å². The fourth-order valence-corrected chi connectivity index (χ4v) is 1.87. The third-order valence-corrected chi connectivity index (χ3v) is 2.84. The first kappa shape index (κ1) is 16.0. The number of nitriles is 2. The molecule has 23 heavy (non-hydrogen) atoms. The molecule has 0 fully saturated rings. The molecule has 0 aliphatic rings. The number of hydrogen-bond acceptors (Lipinski definition) is 7. The van der Waals surface area contributed by atoms with Crippen LogP contribution in [0.5, 0.6) is 5.75 Å². The quantitative estimate of drug-likeness (QED) is 0.761. The van der Waals surface area contributed by atoms with Crippen LogP contribution in [0.4, 0.5) is 0 Å². The second-order valence-electron chi connectivity index (χ2n) is 4.45. The Balaban J connectivity index is 2.37. The van der Waals surface area contributed by atoms with Gasteiger partial charge in [-0.15, -0.1) is 0 Å². The minimum atomic E-state index is -0.564. The van der Waals surface area contributed by atoms with Gasteiger partial charge in [-0.3, -0.25) is 4.68 Å². The van der Waals surface area contributed by atoms with Gasteiger partial charge < -0.3 is 9.47 Å². The Hall–Kier alpha value is -3.39. The van der Waals surface area contributed by atoms with Gasteiger partial charge in [-0.2, -0.15) is 15.6 Å². The summed E-state index contributed by atoms with van der Waals surface area (Å²) >= 11 is 0. The molecule has 2 heterocycles. The zero-order valence-corrected chi connectivity index (χ0v) is 12.6. The Bertz CT molecular complexity index is 813. The molecule has 8 heteroatoms. The fraction of sp³-hybridized carbons (Fsp3) is 0.267. The molecule has 0 aliphatic carbocycles. The summed E-state index contributed by atoms with van der Waals surface area (Å²) in [5, 5.41) is 22.5. The molecule has 0 amide bonds. The molecule has 8 nitrogen and oxygen atoms in total. The van der Waals surface area contributed by atoms with E-state index in [1.165, 1.54) is 6.07 Å². The molecule has 116 valence electrons. The maximum absolute atomic E-state index is 11.3. The first-order chi connectivity index (χ1) is 11.1. The highest BCUT2D eigenvalue weighted by Gasteiger charge is 2.16. The van der Waals surface area contributed by atoms with E-state index in [1.54, 1.807) is 31.0 Å². The summed E-state index contributed by atoms with van der Waals surface area (Å²) in [6.45, 7) is 1.55. The molecule has 0 spiro atoms. The van der Waals surface area contributed by atoms with Crippen molar-refractivity contribution in [1.29, 1.82) is 10.5 Å². The zero-order chi connectivity index (χ0) is 16.8. The summed E-state index contributed by atoms with van der Waals surface area (Å²) in [5.74, 6) is -0.504. The summed E-state index contributed by atoms with van der Waals surface area (Å²) in [6, 6.07) is 5.28. The lowest BCUT2D eigenvalue weighted by molar-refractivity contribution is -0.145. The zero-order valence-electron chi connectivity index (χ0n) is 12.6. The molecular formula is C15H13N5O3. The van der Waals surface area contributed by atoms with Gasteiger partial charge in [0.15, 0.2) is 18.1 Å². The fourth-order valence-electron chi connectivity index (χ4n) is 1.87. The number of pyridine rings is 1. The highest BCUT2D eigenvalue weighted by atomic mass is 16.6. The second-order valence-corrected chi connectivity index (χ2v) is 4.45. The van der Waals surface area contributed by atoms with Crippen LogP contribution in [-0.2, 0) is 16.6 Å². The highest BCUT2D eigenvalue weighted by molar-refractivity contribution is 5.72. The molecule has 0 saturated heterocycles. The number of aryl methyl sites for hydroxylation is 1. The van der Waals surface area contributed by atoms with Crippen LogP contribution in [0.1, 0.15) is 18.2 Å². The number of hydrogen-bond donors (Lipinski definition) is 0. The molecule has 0 radical (unpaired) electrons. The molecule has 2 rings (SSSR count). The van der Waals surface area contributed by atoms with Gasteiger partial charge in [-0.05, 0) is 6.92 Å². The van der Waals surface area contributed by atoms with E-state index in [9.17, 15) is 15.3 Å². The summed E-state index contributed by atoms with van der Waals surface area (Å²) < 4.78 is 11.6. The Kier molecular flexibility index (Phi) is 4.90. The monoisotopic (exact) mass is 311 g/mol. The molecule has 0 aromatic carbocycles. The van der Waals surface area contributed by atoms with Gasteiger partial charge in [0, 0.05) is 24.9 Å². The first-order valence-corrected chi connectivity index (χ1v) is 6.71. The van der Waals surface area contributed by atoms with Gasteiger partial charge >= 0.3 is 5.97 Å². The lowest BCUT2D eigenvalue weighted by Gasteiger charge is -2.09. The lowest BCUT2D eigenvalue weighted by atomic mass is 10.1. The number of carbonyl (C=O) groups is 1. The van der Waals surface area contributed by atoms with Crippen LogP contribution in [0.3, 0.4) is 0 Å². The highest BCUT2D eigenvalue weighted by Crippen LogP contribution is 2.27. The minimum absolute atomic E-state index is 0.0212. The number of nitrogens with zero attached hydrogens (tertiary/aromatic N) is 5. The molecule has 0 unspecified atom stereocenters. The third kappa shape index (κ3) is 3.63. The van der Waals surface area contributed by atoms with Crippen molar-refractivity contribution >= 4 is 5.97 Å². The van der Waals surface area contributed by atoms with Crippen molar-refractivity contribution in [3.05, 3.63) is 29.7 Å². The number of esters is 1. The van der Waals surface area contributed by atoms with Crippen molar-refractivity contribution in [2.45, 2.75) is 6.92 Å². The van der Waals surface area contributed by atoms with E-state index in [0.29, 0.717) is 11.3 Å². The van der Waals surface area contributed by atoms with E-state index in [2.05, 4.69) is 10.1 Å². The summed E-state index contributed by atoms with van der Waals surface area (Å²) in [4.78, 5) is 15.5. The normalized spacial score (nSPS) is 9.74. The van der Waals surface area contributed by atoms with E-state index in [1.807, 2.05) is 12.1 Å². The van der Waals surface area contributed by atoms with Gasteiger partial charge in [0.25, 0.3) is 0 Å². The molecule has 0 saturated carbocycles.